The highest BCUT2D eigenvalue weighted by molar-refractivity contribution is 6.27. The Hall–Kier alpha value is -8.67. The van der Waals surface area contributed by atoms with Gasteiger partial charge >= 0.3 is 17.9 Å². The first-order valence-electron chi connectivity index (χ1n) is 61.9. The highest BCUT2D eigenvalue weighted by Gasteiger charge is 2.30. The number of hydrogen-bond acceptors (Lipinski definition) is 18. The van der Waals surface area contributed by atoms with Gasteiger partial charge in [0, 0.05) is 0 Å². The van der Waals surface area contributed by atoms with Crippen molar-refractivity contribution in [2.75, 3.05) is 80.8 Å². The Bertz CT molecular complexity index is 4070. The number of rotatable bonds is 99. The predicted octanol–water partition coefficient (Wildman–Crippen LogP) is 40.5. The van der Waals surface area contributed by atoms with Gasteiger partial charge in [0.15, 0.2) is 69.0 Å². The number of benzene rings is 7. The Kier molecular flexibility index (Phi) is 71.6. The number of unbranched alkanes of at least 4 members (excludes halogenated alkanes) is 63. The molecule has 18 heteroatoms. The van der Waals surface area contributed by atoms with Crippen LogP contribution in [0.5, 0.6) is 86.2 Å². The zero-order valence-electron chi connectivity index (χ0n) is 97.1. The molecule has 0 spiro atoms. The van der Waals surface area contributed by atoms with Crippen LogP contribution in [0, 0.1) is 0 Å². The molecule has 7 rings (SSSR count). The van der Waals surface area contributed by atoms with E-state index in [1.165, 1.54) is 289 Å². The number of hydrogen-bond donors (Lipinski definition) is 0. The highest BCUT2D eigenvalue weighted by Crippen LogP contribution is 2.50. The van der Waals surface area contributed by atoms with Crippen molar-refractivity contribution in [2.24, 2.45) is 0 Å². The second kappa shape index (κ2) is 83.8. The van der Waals surface area contributed by atoms with Gasteiger partial charge in [-0.05, 0) is 163 Å². The van der Waals surface area contributed by atoms with Gasteiger partial charge in [-0.25, -0.2) is 14.4 Å². The second-order valence-corrected chi connectivity index (χ2v) is 42.6. The van der Waals surface area contributed by atoms with E-state index in [1.807, 2.05) is 18.2 Å². The standard InChI is InChI=1S/C132H210O18/c1-13-22-31-40-49-58-67-76-85-139-121-94-106(95-122(140-86-77-68-59-50-41-32-23-14-2)127(121)145-91-82-73-64-55-46-37-28-19-7)130(133)148-118-103-112-109(100-115(118)136-10)113-104-119(149-131(134)107-96-123(141-87-78-69-60-51-42-33-24-15-3)128(146-92-83-74-65-56-47-38-29-20-8)124(97-107)142-88-79-70-61-52-43-34-25-16-4)117(138-12)102-111(113)114-105-120(116(137-11)101-110(112)114)150-132(135)108-98-125(143-89-80-71-62-53-44-35-26-17-5)129(147-93-84-75-66-57-48-39-30-21-9)126(99-108)144-90-81-72-63-54-45-36-27-18-6/h94-105H,13-93H2,1-12H3. The molecule has 150 heavy (non-hydrogen) atoms. The number of carbonyl (C=O) groups is 3. The van der Waals surface area contributed by atoms with Gasteiger partial charge in [-0.15, -0.1) is 0 Å². The molecule has 0 amide bonds. The van der Waals surface area contributed by atoms with E-state index in [0.717, 1.165) is 173 Å². The Morgan fingerprint density at radius 2 is 0.267 bits per heavy atom. The van der Waals surface area contributed by atoms with E-state index in [9.17, 15) is 0 Å². The predicted molar refractivity (Wildman–Crippen MR) is 626 cm³/mol. The maximum atomic E-state index is 15.7. The first-order chi connectivity index (χ1) is 73.9. The lowest BCUT2D eigenvalue weighted by Crippen LogP contribution is -2.13. The fourth-order valence-electron chi connectivity index (χ4n) is 20.1. The van der Waals surface area contributed by atoms with Crippen LogP contribution >= 0.6 is 0 Å². The summed E-state index contributed by atoms with van der Waals surface area (Å²) in [6, 6.07) is 21.4. The normalized spacial score (nSPS) is 11.4. The van der Waals surface area contributed by atoms with Crippen molar-refractivity contribution in [2.45, 2.75) is 525 Å². The van der Waals surface area contributed by atoms with E-state index in [-0.39, 0.29) is 51.2 Å². The summed E-state index contributed by atoms with van der Waals surface area (Å²) >= 11 is 0. The van der Waals surface area contributed by atoms with E-state index in [1.54, 1.807) is 75.9 Å². The first kappa shape index (κ1) is 128. The van der Waals surface area contributed by atoms with Crippen molar-refractivity contribution < 1.29 is 85.4 Å². The summed E-state index contributed by atoms with van der Waals surface area (Å²) in [6.45, 7) is 24.2. The molecule has 0 aromatic heterocycles. The van der Waals surface area contributed by atoms with E-state index >= 15 is 14.4 Å². The fourth-order valence-corrected chi connectivity index (χ4v) is 20.1. The number of methoxy groups -OCH3 is 3. The molecule has 0 unspecified atom stereocenters. The Labute approximate surface area is 911 Å². The van der Waals surface area contributed by atoms with Gasteiger partial charge in [-0.3, -0.25) is 0 Å². The van der Waals surface area contributed by atoms with Gasteiger partial charge in [0.2, 0.25) is 17.2 Å². The summed E-state index contributed by atoms with van der Waals surface area (Å²) in [4.78, 5) is 47.2. The minimum atomic E-state index is -0.676. The lowest BCUT2D eigenvalue weighted by Gasteiger charge is -2.20. The average molecular weight is 2090 g/mol. The molecule has 0 atom stereocenters. The van der Waals surface area contributed by atoms with Gasteiger partial charge in [0.1, 0.15) is 0 Å². The van der Waals surface area contributed by atoms with Crippen molar-refractivity contribution in [1.29, 1.82) is 0 Å². The average Bonchev–Trinajstić information content (AvgIpc) is 0.721. The third-order valence-corrected chi connectivity index (χ3v) is 29.4. The quantitative estimate of drug-likeness (QED) is 0.0151. The van der Waals surface area contributed by atoms with Crippen molar-refractivity contribution in [3.05, 3.63) is 89.5 Å². The van der Waals surface area contributed by atoms with Crippen LogP contribution in [-0.4, -0.2) is 98.7 Å². The third-order valence-electron chi connectivity index (χ3n) is 29.4. The molecule has 0 fully saturated rings. The highest BCUT2D eigenvalue weighted by atomic mass is 16.6. The number of carbonyl (C=O) groups excluding carboxylic acids is 3. The summed E-state index contributed by atoms with van der Waals surface area (Å²) in [7, 11) is 4.67. The molecule has 0 saturated carbocycles. The van der Waals surface area contributed by atoms with E-state index in [2.05, 4.69) is 62.3 Å². The zero-order valence-corrected chi connectivity index (χ0v) is 97.1. The SMILES string of the molecule is CCCCCCCCCCOc1cc(C(=O)Oc2cc3c(cc2OC)c2cc(OC(=O)c4cc(OCCCCCCCCCC)c(OCCCCCCCCCC)c(OCCCCCCCCCC)c4)c(OC)cc2c2cc(OC(=O)c4cc(OCCCCCCCCCC)c(OCCCCCCCCCC)c(OCCCCCCCCCC)c4)c(OC)cc32)cc(OCCCCCCCCCC)c1OCCCCCCCCCC. The summed E-state index contributed by atoms with van der Waals surface area (Å²) in [5.41, 5.74) is 0.623. The maximum Gasteiger partial charge on any atom is 0.343 e. The van der Waals surface area contributed by atoms with Gasteiger partial charge < -0.3 is 71.1 Å². The molecule has 0 aliphatic carbocycles. The molecule has 18 nitrogen and oxygen atoms in total. The zero-order chi connectivity index (χ0) is 107. The fraction of sp³-hybridized carbons (Fsp3) is 0.705. The molecular weight excluding hydrogens is 1870 g/mol. The summed E-state index contributed by atoms with van der Waals surface area (Å²) in [5, 5.41) is 3.65. The number of fused-ring (bicyclic) bond motifs is 6. The maximum absolute atomic E-state index is 15.7. The van der Waals surface area contributed by atoms with Gasteiger partial charge in [0.25, 0.3) is 0 Å². The minimum Gasteiger partial charge on any atom is -0.493 e. The molecular formula is C132H210O18. The van der Waals surface area contributed by atoms with Gasteiger partial charge in [0.05, 0.1) is 97.5 Å². The first-order valence-corrected chi connectivity index (χ1v) is 61.9. The smallest absolute Gasteiger partial charge is 0.343 e. The molecule has 0 saturated heterocycles. The molecule has 0 N–H and O–H groups in total. The molecule has 7 aromatic carbocycles. The summed E-state index contributed by atoms with van der Waals surface area (Å²) in [6.07, 6.45) is 82.2. The van der Waals surface area contributed by atoms with Gasteiger partial charge in [-0.2, -0.15) is 0 Å². The van der Waals surface area contributed by atoms with Crippen LogP contribution < -0.4 is 71.1 Å². The van der Waals surface area contributed by atoms with Crippen LogP contribution in [0.2, 0.25) is 0 Å². The Morgan fingerprint density at radius 1 is 0.147 bits per heavy atom. The van der Waals surface area contributed by atoms with Crippen LogP contribution in [0.4, 0.5) is 0 Å². The third kappa shape index (κ3) is 51.1. The number of esters is 3. The largest absolute Gasteiger partial charge is 0.493 e. The Morgan fingerprint density at radius 3 is 0.400 bits per heavy atom. The molecule has 846 valence electrons. The van der Waals surface area contributed by atoms with E-state index in [4.69, 9.17) is 71.1 Å². The van der Waals surface area contributed by atoms with E-state index < -0.39 is 17.9 Å². The lowest BCUT2D eigenvalue weighted by atomic mass is 9.93. The van der Waals surface area contributed by atoms with Crippen LogP contribution in [0.15, 0.2) is 72.8 Å². The lowest BCUT2D eigenvalue weighted by molar-refractivity contribution is 0.0719. The number of ether oxygens (including phenoxy) is 15. The summed E-state index contributed by atoms with van der Waals surface area (Å²) in [5.74, 6) is 3.07. The van der Waals surface area contributed by atoms with Crippen LogP contribution in [-0.2, 0) is 0 Å². The summed E-state index contributed by atoms with van der Waals surface area (Å²) < 4.78 is 101. The molecule has 0 aliphatic rings. The topological polar surface area (TPSA) is 190 Å². The van der Waals surface area contributed by atoms with Crippen molar-refractivity contribution >= 4 is 50.2 Å². The Balaban J connectivity index is 1.43. The van der Waals surface area contributed by atoms with Crippen LogP contribution in [0.1, 0.15) is 556 Å². The molecule has 0 heterocycles. The van der Waals surface area contributed by atoms with Crippen molar-refractivity contribution in [3.8, 4) is 86.2 Å². The molecule has 7 aromatic rings. The molecule has 0 bridgehead atoms. The van der Waals surface area contributed by atoms with E-state index in [0.29, 0.717) is 144 Å². The molecule has 0 aliphatic heterocycles. The van der Waals surface area contributed by atoms with Crippen molar-refractivity contribution in [3.63, 3.8) is 0 Å². The van der Waals surface area contributed by atoms with Crippen LogP contribution in [0.25, 0.3) is 32.3 Å². The van der Waals surface area contributed by atoms with Crippen LogP contribution in [0.3, 0.4) is 0 Å². The molecule has 0 radical (unpaired) electrons. The second-order valence-electron chi connectivity index (χ2n) is 42.6. The minimum absolute atomic E-state index is 0.111. The van der Waals surface area contributed by atoms with Gasteiger partial charge in [-0.1, -0.05) is 467 Å². The van der Waals surface area contributed by atoms with Crippen molar-refractivity contribution in [1.82, 2.24) is 0 Å². The monoisotopic (exact) mass is 2080 g/mol.